The number of aryl methyl sites for hydroxylation is 2. The number of benzene rings is 2. The normalized spacial score (nSPS) is 15.0. The van der Waals surface area contributed by atoms with Crippen LogP contribution in [-0.2, 0) is 5.54 Å². The molecule has 0 bridgehead atoms. The van der Waals surface area contributed by atoms with E-state index in [2.05, 4.69) is 51.6 Å². The first kappa shape index (κ1) is 19.9. The van der Waals surface area contributed by atoms with E-state index in [0.717, 1.165) is 63.5 Å². The topological polar surface area (TPSA) is 93.6 Å². The van der Waals surface area contributed by atoms with E-state index in [9.17, 15) is 0 Å². The molecule has 1 aliphatic rings. The van der Waals surface area contributed by atoms with E-state index >= 15 is 0 Å². The van der Waals surface area contributed by atoms with Crippen LogP contribution >= 0.6 is 0 Å². The summed E-state index contributed by atoms with van der Waals surface area (Å²) in [7, 11) is 0. The minimum atomic E-state index is -0.188. The van der Waals surface area contributed by atoms with Crippen LogP contribution < -0.4 is 5.73 Å². The Kier molecular flexibility index (Phi) is 4.45. The Balaban J connectivity index is 1.54. The first-order chi connectivity index (χ1) is 16.0. The third kappa shape index (κ3) is 3.17. The second-order valence-electron chi connectivity index (χ2n) is 8.98. The number of rotatable bonds is 4. The van der Waals surface area contributed by atoms with Gasteiger partial charge in [-0.05, 0) is 44.2 Å². The molecule has 33 heavy (non-hydrogen) atoms. The molecule has 0 saturated heterocycles. The van der Waals surface area contributed by atoms with Crippen molar-refractivity contribution >= 4 is 11.2 Å². The van der Waals surface area contributed by atoms with Crippen molar-refractivity contribution in [3.63, 3.8) is 0 Å². The molecular formula is C27H25N5O. The van der Waals surface area contributed by atoms with E-state index in [1.165, 1.54) is 12.0 Å². The zero-order chi connectivity index (χ0) is 22.6. The number of H-pyrrole nitrogens is 1. The minimum Gasteiger partial charge on any atom is -0.436 e. The summed E-state index contributed by atoms with van der Waals surface area (Å²) >= 11 is 0. The molecule has 6 rings (SSSR count). The van der Waals surface area contributed by atoms with Crippen LogP contribution in [-0.4, -0.2) is 20.2 Å². The lowest BCUT2D eigenvalue weighted by Gasteiger charge is -2.38. The predicted molar refractivity (Wildman–Crippen MR) is 129 cm³/mol. The Morgan fingerprint density at radius 3 is 2.33 bits per heavy atom. The zero-order valence-electron chi connectivity index (χ0n) is 18.7. The summed E-state index contributed by atoms with van der Waals surface area (Å²) in [6, 6.07) is 18.7. The van der Waals surface area contributed by atoms with E-state index in [0.29, 0.717) is 5.71 Å². The fourth-order valence-electron chi connectivity index (χ4n) is 4.80. The molecule has 6 heteroatoms. The van der Waals surface area contributed by atoms with Gasteiger partial charge in [0.2, 0.25) is 5.71 Å². The molecular weight excluding hydrogens is 410 g/mol. The minimum absolute atomic E-state index is 0.188. The van der Waals surface area contributed by atoms with Gasteiger partial charge >= 0.3 is 0 Å². The van der Waals surface area contributed by atoms with Crippen LogP contribution in [0.25, 0.3) is 44.9 Å². The maximum absolute atomic E-state index is 6.53. The number of nitrogens with two attached hydrogens (primary N) is 1. The van der Waals surface area contributed by atoms with Crippen molar-refractivity contribution in [1.29, 1.82) is 0 Å². The second kappa shape index (κ2) is 7.39. The van der Waals surface area contributed by atoms with Crippen LogP contribution in [0.2, 0.25) is 0 Å². The fourth-order valence-corrected chi connectivity index (χ4v) is 4.80. The predicted octanol–water partition coefficient (Wildman–Crippen LogP) is 5.90. The average molecular weight is 436 g/mol. The summed E-state index contributed by atoms with van der Waals surface area (Å²) in [5, 5.41) is 7.36. The molecule has 2 aromatic carbocycles. The highest BCUT2D eigenvalue weighted by molar-refractivity contribution is 5.98. The molecule has 0 unspecified atom stereocenters. The number of fused-ring (bicyclic) bond motifs is 1. The molecule has 0 atom stereocenters. The van der Waals surface area contributed by atoms with Gasteiger partial charge in [0.15, 0.2) is 0 Å². The van der Waals surface area contributed by atoms with Gasteiger partial charge in [-0.2, -0.15) is 5.10 Å². The van der Waals surface area contributed by atoms with Gasteiger partial charge in [0.05, 0.1) is 23.1 Å². The number of nitrogens with zero attached hydrogens (tertiary/aromatic N) is 3. The Morgan fingerprint density at radius 2 is 1.70 bits per heavy atom. The first-order valence-electron chi connectivity index (χ1n) is 11.3. The summed E-state index contributed by atoms with van der Waals surface area (Å²) in [4.78, 5) is 9.64. The van der Waals surface area contributed by atoms with Crippen LogP contribution in [0, 0.1) is 13.8 Å². The summed E-state index contributed by atoms with van der Waals surface area (Å²) in [6.45, 7) is 3.96. The molecule has 0 aliphatic heterocycles. The highest BCUT2D eigenvalue weighted by Gasteiger charge is 2.34. The van der Waals surface area contributed by atoms with Gasteiger partial charge in [-0.15, -0.1) is 0 Å². The average Bonchev–Trinajstić information content (AvgIpc) is 3.37. The molecule has 3 aromatic heterocycles. The lowest BCUT2D eigenvalue weighted by Crippen LogP contribution is -2.43. The summed E-state index contributed by atoms with van der Waals surface area (Å²) in [6.07, 6.45) is 5.02. The number of hydrogen-bond acceptors (Lipinski definition) is 5. The molecule has 1 aliphatic carbocycles. The highest BCUT2D eigenvalue weighted by Crippen LogP contribution is 2.42. The number of furan rings is 1. The maximum atomic E-state index is 6.53. The molecule has 1 fully saturated rings. The van der Waals surface area contributed by atoms with Gasteiger partial charge in [0.1, 0.15) is 11.3 Å². The number of aromatic nitrogens is 4. The zero-order valence-corrected chi connectivity index (χ0v) is 18.7. The molecule has 1 saturated carbocycles. The summed E-state index contributed by atoms with van der Waals surface area (Å²) in [5.41, 5.74) is 15.4. The van der Waals surface area contributed by atoms with E-state index in [1.807, 2.05) is 32.0 Å². The van der Waals surface area contributed by atoms with Gasteiger partial charge in [-0.1, -0.05) is 54.6 Å². The summed E-state index contributed by atoms with van der Waals surface area (Å²) in [5.74, 6) is 0.764. The van der Waals surface area contributed by atoms with E-state index in [4.69, 9.17) is 15.1 Å². The smallest absolute Gasteiger partial charge is 0.246 e. The number of nitrogens with one attached hydrogen (secondary N) is 1. The second-order valence-corrected chi connectivity index (χ2v) is 8.98. The largest absolute Gasteiger partial charge is 0.436 e. The standard InChI is InChI=1S/C27H25N5O/c1-16-22(17(2)32-31-16)21-15-29-26-24(30-21)23(18-7-4-3-5-8-18)25(33-26)19-9-11-20(12-10-19)27(28)13-6-14-27/h3-5,7-12,15H,6,13-14,28H2,1-2H3,(H,31,32). The fraction of sp³-hybridized carbons (Fsp3) is 0.222. The van der Waals surface area contributed by atoms with Gasteiger partial charge < -0.3 is 10.2 Å². The molecule has 6 nitrogen and oxygen atoms in total. The Morgan fingerprint density at radius 1 is 0.939 bits per heavy atom. The van der Waals surface area contributed by atoms with Crippen LogP contribution in [0.3, 0.4) is 0 Å². The van der Waals surface area contributed by atoms with E-state index in [1.54, 1.807) is 6.20 Å². The molecule has 0 spiro atoms. The molecule has 0 radical (unpaired) electrons. The van der Waals surface area contributed by atoms with Crippen molar-refractivity contribution in [3.05, 3.63) is 77.7 Å². The third-order valence-corrected chi connectivity index (χ3v) is 6.82. The van der Waals surface area contributed by atoms with Crippen LogP contribution in [0.15, 0.2) is 65.2 Å². The van der Waals surface area contributed by atoms with Gasteiger partial charge in [-0.25, -0.2) is 9.97 Å². The van der Waals surface area contributed by atoms with Crippen LogP contribution in [0.4, 0.5) is 0 Å². The van der Waals surface area contributed by atoms with Crippen molar-refractivity contribution in [2.75, 3.05) is 0 Å². The Hall–Kier alpha value is -3.77. The van der Waals surface area contributed by atoms with Crippen LogP contribution in [0.1, 0.15) is 36.2 Å². The summed E-state index contributed by atoms with van der Waals surface area (Å²) < 4.78 is 6.31. The number of aromatic amines is 1. The highest BCUT2D eigenvalue weighted by atomic mass is 16.3. The van der Waals surface area contributed by atoms with Crippen LogP contribution in [0.5, 0.6) is 0 Å². The van der Waals surface area contributed by atoms with E-state index in [-0.39, 0.29) is 5.54 Å². The molecule has 3 heterocycles. The molecule has 0 amide bonds. The third-order valence-electron chi connectivity index (χ3n) is 6.82. The Labute approximate surface area is 191 Å². The van der Waals surface area contributed by atoms with Gasteiger partial charge in [-0.3, -0.25) is 5.10 Å². The van der Waals surface area contributed by atoms with Crippen molar-refractivity contribution in [1.82, 2.24) is 20.2 Å². The monoisotopic (exact) mass is 435 g/mol. The van der Waals surface area contributed by atoms with Crippen molar-refractivity contribution in [2.45, 2.75) is 38.6 Å². The Bertz CT molecular complexity index is 1440. The van der Waals surface area contributed by atoms with Gasteiger partial charge in [0.25, 0.3) is 0 Å². The van der Waals surface area contributed by atoms with E-state index < -0.39 is 0 Å². The van der Waals surface area contributed by atoms with Crippen molar-refractivity contribution in [3.8, 4) is 33.7 Å². The quantitative estimate of drug-likeness (QED) is 0.366. The lowest BCUT2D eigenvalue weighted by molar-refractivity contribution is 0.253. The lowest BCUT2D eigenvalue weighted by atomic mass is 9.72. The molecule has 5 aromatic rings. The van der Waals surface area contributed by atoms with Gasteiger partial charge in [0, 0.05) is 22.4 Å². The van der Waals surface area contributed by atoms with Crippen molar-refractivity contribution < 1.29 is 4.42 Å². The van der Waals surface area contributed by atoms with Crippen molar-refractivity contribution in [2.24, 2.45) is 5.73 Å². The number of hydrogen-bond donors (Lipinski definition) is 2. The maximum Gasteiger partial charge on any atom is 0.246 e. The SMILES string of the molecule is Cc1n[nH]c(C)c1-c1cnc2oc(-c3ccc(C4(N)CCC4)cc3)c(-c3ccccc3)c2n1. The first-order valence-corrected chi connectivity index (χ1v) is 11.3. The molecule has 164 valence electrons. The molecule has 3 N–H and O–H groups in total.